The van der Waals surface area contributed by atoms with Crippen LogP contribution in [0.3, 0.4) is 0 Å². The number of carboxylic acid groups (broad SMARTS) is 1. The number of aliphatic carboxylic acids is 1. The number of aryl methyl sites for hydroxylation is 1. The van der Waals surface area contributed by atoms with E-state index in [1.165, 1.54) is 16.9 Å². The Hall–Kier alpha value is -1.73. The van der Waals surface area contributed by atoms with Crippen LogP contribution in [0.15, 0.2) is 6.33 Å². The highest BCUT2D eigenvalue weighted by Crippen LogP contribution is 2.41. The highest BCUT2D eigenvalue weighted by Gasteiger charge is 2.40. The number of nitrogens with zero attached hydrogens (tertiary/aromatic N) is 3. The van der Waals surface area contributed by atoms with Gasteiger partial charge in [0.25, 0.3) is 0 Å². The Labute approximate surface area is 144 Å². The van der Waals surface area contributed by atoms with Crippen LogP contribution in [0.25, 0.3) is 10.2 Å². The molecule has 6 nitrogen and oxygen atoms in total. The SMILES string of the molecule is CC1CCc2c(sc3ncnc(N4CCOC(C)(C(=O)O)C4)c23)C1. The Kier molecular flexibility index (Phi) is 3.73. The molecule has 128 valence electrons. The molecular weight excluding hydrogens is 326 g/mol. The van der Waals surface area contributed by atoms with E-state index in [0.29, 0.717) is 25.6 Å². The van der Waals surface area contributed by atoms with Gasteiger partial charge in [-0.05, 0) is 37.7 Å². The maximum Gasteiger partial charge on any atom is 0.337 e. The normalized spacial score (nSPS) is 27.2. The van der Waals surface area contributed by atoms with E-state index in [2.05, 4.69) is 16.9 Å². The molecule has 3 heterocycles. The van der Waals surface area contributed by atoms with E-state index < -0.39 is 11.6 Å². The van der Waals surface area contributed by atoms with Crippen LogP contribution in [-0.2, 0) is 22.4 Å². The second-order valence-corrected chi connectivity index (χ2v) is 8.12. The summed E-state index contributed by atoms with van der Waals surface area (Å²) in [5.74, 6) is 0.641. The lowest BCUT2D eigenvalue weighted by atomic mass is 9.89. The number of hydrogen-bond donors (Lipinski definition) is 1. The van der Waals surface area contributed by atoms with Crippen LogP contribution in [0.5, 0.6) is 0 Å². The van der Waals surface area contributed by atoms with Crippen LogP contribution >= 0.6 is 11.3 Å². The average molecular weight is 347 g/mol. The molecule has 0 radical (unpaired) electrons. The van der Waals surface area contributed by atoms with Gasteiger partial charge >= 0.3 is 5.97 Å². The van der Waals surface area contributed by atoms with Gasteiger partial charge < -0.3 is 14.7 Å². The van der Waals surface area contributed by atoms with E-state index >= 15 is 0 Å². The number of carboxylic acids is 1. The van der Waals surface area contributed by atoms with Gasteiger partial charge in [-0.1, -0.05) is 6.92 Å². The zero-order valence-corrected chi connectivity index (χ0v) is 14.7. The summed E-state index contributed by atoms with van der Waals surface area (Å²) in [7, 11) is 0. The van der Waals surface area contributed by atoms with Crippen molar-refractivity contribution < 1.29 is 14.6 Å². The first kappa shape index (κ1) is 15.8. The molecule has 2 aliphatic rings. The third-order valence-corrected chi connectivity index (χ3v) is 6.26. The zero-order valence-electron chi connectivity index (χ0n) is 13.9. The molecule has 7 heteroatoms. The molecule has 1 aliphatic carbocycles. The number of hydrogen-bond acceptors (Lipinski definition) is 6. The molecule has 0 aromatic carbocycles. The predicted molar refractivity (Wildman–Crippen MR) is 92.8 cm³/mol. The summed E-state index contributed by atoms with van der Waals surface area (Å²) < 4.78 is 5.52. The number of anilines is 1. The Bertz CT molecular complexity index is 806. The summed E-state index contributed by atoms with van der Waals surface area (Å²) in [4.78, 5) is 25.0. The van der Waals surface area contributed by atoms with E-state index in [4.69, 9.17) is 4.74 Å². The molecule has 2 unspecified atom stereocenters. The molecule has 0 amide bonds. The molecule has 0 saturated carbocycles. The Morgan fingerprint density at radius 2 is 2.33 bits per heavy atom. The standard InChI is InChI=1S/C17H21N3O3S/c1-10-3-4-11-12(7-10)24-15-13(11)14(18-9-19-15)20-5-6-23-17(2,8-20)16(21)22/h9-10H,3-8H2,1-2H3,(H,21,22). The van der Waals surface area contributed by atoms with Gasteiger partial charge in [0.05, 0.1) is 18.5 Å². The minimum Gasteiger partial charge on any atom is -0.479 e. The first-order valence-electron chi connectivity index (χ1n) is 8.35. The predicted octanol–water partition coefficient (Wildman–Crippen LogP) is 2.50. The molecule has 1 N–H and O–H groups in total. The molecule has 2 aromatic rings. The molecule has 1 fully saturated rings. The molecule has 0 bridgehead atoms. The second kappa shape index (κ2) is 5.67. The van der Waals surface area contributed by atoms with Crippen molar-refractivity contribution in [2.24, 2.45) is 5.92 Å². The second-order valence-electron chi connectivity index (χ2n) is 7.04. The average Bonchev–Trinajstić information content (AvgIpc) is 2.92. The maximum absolute atomic E-state index is 11.6. The monoisotopic (exact) mass is 347 g/mol. The third kappa shape index (κ3) is 2.46. The van der Waals surface area contributed by atoms with Crippen LogP contribution in [0.1, 0.15) is 30.7 Å². The Morgan fingerprint density at radius 3 is 3.12 bits per heavy atom. The third-order valence-electron chi connectivity index (χ3n) is 5.10. The summed E-state index contributed by atoms with van der Waals surface area (Å²) in [6.45, 7) is 5.26. The Balaban J connectivity index is 1.78. The van der Waals surface area contributed by atoms with Crippen LogP contribution in [-0.4, -0.2) is 46.3 Å². The summed E-state index contributed by atoms with van der Waals surface area (Å²) in [6.07, 6.45) is 4.93. The smallest absolute Gasteiger partial charge is 0.337 e. The number of aromatic nitrogens is 2. The number of fused-ring (bicyclic) bond motifs is 3. The van der Waals surface area contributed by atoms with Gasteiger partial charge in [-0.3, -0.25) is 0 Å². The van der Waals surface area contributed by atoms with Gasteiger partial charge in [-0.25, -0.2) is 14.8 Å². The number of rotatable bonds is 2. The summed E-state index contributed by atoms with van der Waals surface area (Å²) in [5, 5.41) is 10.6. The van der Waals surface area contributed by atoms with E-state index in [9.17, 15) is 9.90 Å². The maximum atomic E-state index is 11.6. The van der Waals surface area contributed by atoms with Crippen LogP contribution < -0.4 is 4.90 Å². The van der Waals surface area contributed by atoms with Gasteiger partial charge in [0.1, 0.15) is 17.0 Å². The lowest BCUT2D eigenvalue weighted by molar-refractivity contribution is -0.164. The molecule has 2 aromatic heterocycles. The molecule has 1 saturated heterocycles. The van der Waals surface area contributed by atoms with Crippen molar-refractivity contribution in [3.05, 3.63) is 16.8 Å². The number of carbonyl (C=O) groups is 1. The lowest BCUT2D eigenvalue weighted by Crippen LogP contribution is -2.55. The minimum atomic E-state index is -1.19. The topological polar surface area (TPSA) is 75.5 Å². The van der Waals surface area contributed by atoms with E-state index in [1.54, 1.807) is 24.6 Å². The van der Waals surface area contributed by atoms with Crippen molar-refractivity contribution in [2.75, 3.05) is 24.6 Å². The van der Waals surface area contributed by atoms with E-state index in [1.807, 2.05) is 4.90 Å². The lowest BCUT2D eigenvalue weighted by Gasteiger charge is -2.38. The van der Waals surface area contributed by atoms with Crippen molar-refractivity contribution in [3.8, 4) is 0 Å². The summed E-state index contributed by atoms with van der Waals surface area (Å²) in [5.41, 5.74) is 0.173. The first-order chi connectivity index (χ1) is 11.5. The summed E-state index contributed by atoms with van der Waals surface area (Å²) >= 11 is 1.76. The van der Waals surface area contributed by atoms with Gasteiger partial charge in [-0.15, -0.1) is 11.3 Å². The zero-order chi connectivity index (χ0) is 16.9. The minimum absolute atomic E-state index is 0.301. The quantitative estimate of drug-likeness (QED) is 0.899. The van der Waals surface area contributed by atoms with E-state index in [0.717, 1.165) is 28.9 Å². The molecule has 0 spiro atoms. The molecule has 4 rings (SSSR count). The molecule has 1 aliphatic heterocycles. The molecule has 2 atom stereocenters. The van der Waals surface area contributed by atoms with Gasteiger partial charge in [0.2, 0.25) is 0 Å². The van der Waals surface area contributed by atoms with Crippen LogP contribution in [0.2, 0.25) is 0 Å². The van der Waals surface area contributed by atoms with Gasteiger partial charge in [0, 0.05) is 11.4 Å². The Morgan fingerprint density at radius 1 is 1.50 bits per heavy atom. The van der Waals surface area contributed by atoms with Crippen molar-refractivity contribution >= 4 is 33.3 Å². The summed E-state index contributed by atoms with van der Waals surface area (Å²) in [6, 6.07) is 0. The number of ether oxygens (including phenoxy) is 1. The molecular formula is C17H21N3O3S. The molecule has 24 heavy (non-hydrogen) atoms. The van der Waals surface area contributed by atoms with Gasteiger partial charge in [0.15, 0.2) is 5.60 Å². The van der Waals surface area contributed by atoms with Gasteiger partial charge in [-0.2, -0.15) is 0 Å². The fourth-order valence-electron chi connectivity index (χ4n) is 3.68. The number of thiophene rings is 1. The van der Waals surface area contributed by atoms with Crippen molar-refractivity contribution in [1.82, 2.24) is 9.97 Å². The highest BCUT2D eigenvalue weighted by atomic mass is 32.1. The van der Waals surface area contributed by atoms with Crippen molar-refractivity contribution in [3.63, 3.8) is 0 Å². The number of morpholine rings is 1. The van der Waals surface area contributed by atoms with Crippen LogP contribution in [0.4, 0.5) is 5.82 Å². The fraction of sp³-hybridized carbons (Fsp3) is 0.588. The van der Waals surface area contributed by atoms with Crippen molar-refractivity contribution in [1.29, 1.82) is 0 Å². The van der Waals surface area contributed by atoms with E-state index in [-0.39, 0.29) is 0 Å². The highest BCUT2D eigenvalue weighted by molar-refractivity contribution is 7.19. The first-order valence-corrected chi connectivity index (χ1v) is 9.17. The fourth-order valence-corrected chi connectivity index (χ4v) is 5.02. The largest absolute Gasteiger partial charge is 0.479 e. The van der Waals surface area contributed by atoms with Crippen molar-refractivity contribution in [2.45, 2.75) is 38.7 Å². The van der Waals surface area contributed by atoms with Crippen LogP contribution in [0, 0.1) is 5.92 Å².